The first-order chi connectivity index (χ1) is 8.07. The first kappa shape index (κ1) is 14.7. The molecule has 1 aliphatic rings. The van der Waals surface area contributed by atoms with Gasteiger partial charge in [0.15, 0.2) is 5.34 Å². The lowest BCUT2D eigenvalue weighted by atomic mass is 9.93. The smallest absolute Gasteiger partial charge is 0.168 e. The van der Waals surface area contributed by atoms with Crippen LogP contribution in [0.3, 0.4) is 0 Å². The van der Waals surface area contributed by atoms with Gasteiger partial charge in [-0.05, 0) is 52.1 Å². The van der Waals surface area contributed by atoms with Crippen LogP contribution < -0.4 is 0 Å². The summed E-state index contributed by atoms with van der Waals surface area (Å²) in [6.45, 7) is 7.39. The second kappa shape index (κ2) is 7.18. The van der Waals surface area contributed by atoms with E-state index in [4.69, 9.17) is 5.11 Å². The van der Waals surface area contributed by atoms with Crippen LogP contribution in [0.4, 0.5) is 0 Å². The zero-order valence-electron chi connectivity index (χ0n) is 10.6. The van der Waals surface area contributed by atoms with E-state index in [1.165, 1.54) is 0 Å². The fraction of sp³-hybridized carbons (Fsp3) is 1.00. The van der Waals surface area contributed by atoms with Crippen molar-refractivity contribution >= 4 is 12.0 Å². The molecule has 0 aromatic rings. The van der Waals surface area contributed by atoms with Crippen molar-refractivity contribution < 1.29 is 9.39 Å². The summed E-state index contributed by atoms with van der Waals surface area (Å²) in [5.41, 5.74) is 0. The molecule has 100 valence electrons. The minimum absolute atomic E-state index is 0.127. The van der Waals surface area contributed by atoms with Crippen LogP contribution in [-0.4, -0.2) is 41.0 Å². The molecule has 0 saturated carbocycles. The van der Waals surface area contributed by atoms with Crippen LogP contribution in [0.2, 0.25) is 0 Å². The quantitative estimate of drug-likeness (QED) is 0.433. The molecule has 0 aromatic carbocycles. The molecule has 0 bridgehead atoms. The highest BCUT2D eigenvalue weighted by Crippen LogP contribution is 2.29. The van der Waals surface area contributed by atoms with Crippen molar-refractivity contribution in [2.24, 2.45) is 11.3 Å². The minimum Gasteiger partial charge on any atom is -0.396 e. The molecule has 6 heteroatoms. The van der Waals surface area contributed by atoms with Crippen LogP contribution in [0, 0.1) is 10.8 Å². The van der Waals surface area contributed by atoms with Gasteiger partial charge in [0.05, 0.1) is 16.8 Å². The Morgan fingerprint density at radius 3 is 2.65 bits per heavy atom. The Balaban J connectivity index is 2.27. The van der Waals surface area contributed by atoms with Gasteiger partial charge in [0.2, 0.25) is 0 Å². The molecule has 1 aliphatic heterocycles. The van der Waals surface area contributed by atoms with Crippen molar-refractivity contribution in [3.63, 3.8) is 0 Å². The topological polar surface area (TPSA) is 62.1 Å². The maximum absolute atomic E-state index is 9.93. The molecule has 0 spiro atoms. The lowest BCUT2D eigenvalue weighted by Crippen LogP contribution is -2.41. The van der Waals surface area contributed by atoms with Crippen molar-refractivity contribution in [1.82, 2.24) is 4.90 Å². The highest BCUT2D eigenvalue weighted by atomic mass is 32.2. The molecule has 1 saturated heterocycles. The molecular weight excluding hydrogens is 240 g/mol. The average molecular weight is 262 g/mol. The van der Waals surface area contributed by atoms with E-state index in [0.29, 0.717) is 12.5 Å². The predicted octanol–water partition coefficient (Wildman–Crippen LogP) is 2.21. The van der Waals surface area contributed by atoms with Gasteiger partial charge in [-0.15, -0.1) is 4.91 Å². The van der Waals surface area contributed by atoms with Gasteiger partial charge in [0, 0.05) is 13.2 Å². The van der Waals surface area contributed by atoms with Crippen molar-refractivity contribution in [2.45, 2.75) is 37.9 Å². The lowest BCUT2D eigenvalue weighted by Gasteiger charge is -2.35. The Morgan fingerprint density at radius 1 is 1.47 bits per heavy atom. The molecule has 0 atom stereocenters. The summed E-state index contributed by atoms with van der Waals surface area (Å²) in [7, 11) is 0. The summed E-state index contributed by atoms with van der Waals surface area (Å²) < 4.78 is 4.40. The van der Waals surface area contributed by atoms with Crippen LogP contribution in [0.1, 0.15) is 33.1 Å². The third-order valence-corrected chi connectivity index (χ3v) is 3.86. The van der Waals surface area contributed by atoms with E-state index in [2.05, 4.69) is 14.5 Å². The van der Waals surface area contributed by atoms with Crippen molar-refractivity contribution in [2.75, 3.05) is 26.2 Å². The molecule has 17 heavy (non-hydrogen) atoms. The zero-order valence-corrected chi connectivity index (χ0v) is 11.4. The van der Waals surface area contributed by atoms with E-state index in [0.717, 1.165) is 50.9 Å². The number of rotatable bonds is 7. The minimum atomic E-state index is -0.127. The van der Waals surface area contributed by atoms with Gasteiger partial charge in [-0.3, -0.25) is 4.28 Å². The van der Waals surface area contributed by atoms with Gasteiger partial charge >= 0.3 is 0 Å². The molecular formula is C11H22N2O3S. The number of hydrogen-bond donors (Lipinski definition) is 1. The zero-order chi connectivity index (χ0) is 12.7. The molecule has 5 nitrogen and oxygen atoms in total. The van der Waals surface area contributed by atoms with E-state index >= 15 is 0 Å². The number of aliphatic hydroxyl groups excluding tert-OH is 1. The van der Waals surface area contributed by atoms with Gasteiger partial charge in [-0.1, -0.05) is 0 Å². The van der Waals surface area contributed by atoms with E-state index in [1.807, 2.05) is 13.8 Å². The summed E-state index contributed by atoms with van der Waals surface area (Å²) >= 11 is 1.12. The number of nitrogens with zero attached hydrogens (tertiary/aromatic N) is 2. The van der Waals surface area contributed by atoms with Crippen LogP contribution in [0.5, 0.6) is 0 Å². The Labute approximate surface area is 107 Å². The van der Waals surface area contributed by atoms with Gasteiger partial charge in [0.25, 0.3) is 0 Å². The van der Waals surface area contributed by atoms with Gasteiger partial charge in [-0.2, -0.15) is 0 Å². The number of piperidine rings is 1. The first-order valence-corrected chi connectivity index (χ1v) is 6.82. The number of aliphatic hydroxyl groups is 1. The third-order valence-electron chi connectivity index (χ3n) is 3.14. The highest BCUT2D eigenvalue weighted by Gasteiger charge is 2.27. The SMILES string of the molecule is CC(C)(CN1CCC(CCO)CC1)SON=O. The Hall–Kier alpha value is -0.330. The largest absolute Gasteiger partial charge is 0.396 e. The normalized spacial score (nSPS) is 19.2. The molecule has 0 aliphatic carbocycles. The first-order valence-electron chi connectivity index (χ1n) is 6.08. The predicted molar refractivity (Wildman–Crippen MR) is 69.4 cm³/mol. The maximum Gasteiger partial charge on any atom is 0.168 e. The number of likely N-dealkylation sites (tertiary alicyclic amines) is 1. The molecule has 0 amide bonds. The van der Waals surface area contributed by atoms with Crippen LogP contribution in [0.15, 0.2) is 5.34 Å². The molecule has 1 rings (SSSR count). The van der Waals surface area contributed by atoms with Crippen LogP contribution in [0.25, 0.3) is 0 Å². The van der Waals surface area contributed by atoms with E-state index in [-0.39, 0.29) is 4.75 Å². The fourth-order valence-electron chi connectivity index (χ4n) is 2.30. The summed E-state index contributed by atoms with van der Waals surface area (Å²) in [6, 6.07) is 0. The Bertz CT molecular complexity index is 231. The van der Waals surface area contributed by atoms with Gasteiger partial charge in [0.1, 0.15) is 0 Å². The fourth-order valence-corrected chi connectivity index (χ4v) is 2.76. The van der Waals surface area contributed by atoms with E-state index in [1.54, 1.807) is 0 Å². The Morgan fingerprint density at radius 2 is 2.12 bits per heavy atom. The molecule has 0 aromatic heterocycles. The van der Waals surface area contributed by atoms with Gasteiger partial charge < -0.3 is 10.0 Å². The monoisotopic (exact) mass is 262 g/mol. The van der Waals surface area contributed by atoms with Crippen molar-refractivity contribution in [3.05, 3.63) is 4.91 Å². The second-order valence-electron chi connectivity index (χ2n) is 5.22. The second-order valence-corrected chi connectivity index (χ2v) is 6.64. The molecule has 0 unspecified atom stereocenters. The summed E-state index contributed by atoms with van der Waals surface area (Å²) in [6.07, 6.45) is 3.21. The third kappa shape index (κ3) is 5.70. The van der Waals surface area contributed by atoms with Crippen LogP contribution in [-0.2, 0) is 4.28 Å². The van der Waals surface area contributed by atoms with Crippen molar-refractivity contribution in [1.29, 1.82) is 0 Å². The van der Waals surface area contributed by atoms with Gasteiger partial charge in [-0.25, -0.2) is 0 Å². The van der Waals surface area contributed by atoms with E-state index in [9.17, 15) is 4.91 Å². The molecule has 1 fully saturated rings. The standard InChI is InChI=1S/C11H22N2O3S/c1-11(2,17-16-12-15)9-13-6-3-10(4-7-13)5-8-14/h10,14H,3-9H2,1-2H3. The highest BCUT2D eigenvalue weighted by molar-refractivity contribution is 7.96. The summed E-state index contributed by atoms with van der Waals surface area (Å²) in [4.78, 5) is 12.3. The van der Waals surface area contributed by atoms with Crippen molar-refractivity contribution in [3.8, 4) is 0 Å². The summed E-state index contributed by atoms with van der Waals surface area (Å²) in [5, 5.41) is 11.3. The van der Waals surface area contributed by atoms with E-state index < -0.39 is 0 Å². The van der Waals surface area contributed by atoms with Crippen LogP contribution >= 0.6 is 12.0 Å². The maximum atomic E-state index is 9.93. The lowest BCUT2D eigenvalue weighted by molar-refractivity contribution is 0.150. The average Bonchev–Trinajstić information content (AvgIpc) is 2.29. The molecule has 0 radical (unpaired) electrons. The Kier molecular flexibility index (Phi) is 6.22. The molecule has 1 heterocycles. The summed E-state index contributed by atoms with van der Waals surface area (Å²) in [5.74, 6) is 0.667. The molecule has 1 N–H and O–H groups in total. The number of hydrogen-bond acceptors (Lipinski definition) is 6.